The van der Waals surface area contributed by atoms with Gasteiger partial charge in [0.2, 0.25) is 5.91 Å². The number of aromatic nitrogens is 2. The molecule has 0 aromatic carbocycles. The number of amides is 1. The molecule has 0 bridgehead atoms. The lowest BCUT2D eigenvalue weighted by atomic mass is 9.91. The number of nitrogens with one attached hydrogen (secondary N) is 3. The number of carbonyl (C=O) groups is 1. The Balaban J connectivity index is 2.06. The molecule has 19 heavy (non-hydrogen) atoms. The fourth-order valence-electron chi connectivity index (χ4n) is 2.69. The van der Waals surface area contributed by atoms with Crippen molar-refractivity contribution >= 4 is 11.7 Å². The molecule has 5 nitrogen and oxygen atoms in total. The molecule has 5 heteroatoms. The molecule has 1 unspecified atom stereocenters. The van der Waals surface area contributed by atoms with Crippen LogP contribution in [0.15, 0.2) is 6.07 Å². The molecule has 1 saturated heterocycles. The summed E-state index contributed by atoms with van der Waals surface area (Å²) in [6.45, 7) is 7.22. The number of hydrogen-bond donors (Lipinski definition) is 3. The van der Waals surface area contributed by atoms with E-state index >= 15 is 0 Å². The van der Waals surface area contributed by atoms with E-state index in [9.17, 15) is 4.79 Å². The lowest BCUT2D eigenvalue weighted by Gasteiger charge is -2.27. The maximum Gasteiger partial charge on any atom is 0.245 e. The molecular weight excluding hydrogens is 240 g/mol. The molecule has 2 rings (SSSR count). The first-order valence-corrected chi connectivity index (χ1v) is 7.19. The standard InChI is InChI=1S/C14H24N4O/c1-4-6-14(7-5-8-15-14)13(19)16-12-9-11(10(2)3)17-18-12/h9-10,15H,4-8H2,1-3H3,(H2,16,17,18,19). The minimum absolute atomic E-state index is 0.0497. The average molecular weight is 264 g/mol. The van der Waals surface area contributed by atoms with Crippen LogP contribution in [0.25, 0.3) is 0 Å². The largest absolute Gasteiger partial charge is 0.308 e. The Hall–Kier alpha value is -1.36. The van der Waals surface area contributed by atoms with Crippen LogP contribution >= 0.6 is 0 Å². The van der Waals surface area contributed by atoms with Crippen LogP contribution in [0, 0.1) is 0 Å². The molecule has 2 heterocycles. The number of nitrogens with zero attached hydrogens (tertiary/aromatic N) is 1. The summed E-state index contributed by atoms with van der Waals surface area (Å²) in [5.74, 6) is 1.05. The summed E-state index contributed by atoms with van der Waals surface area (Å²) in [4.78, 5) is 12.5. The zero-order chi connectivity index (χ0) is 13.9. The summed E-state index contributed by atoms with van der Waals surface area (Å²) in [7, 11) is 0. The number of carbonyl (C=O) groups excluding carboxylic acids is 1. The van der Waals surface area contributed by atoms with Crippen LogP contribution in [0.2, 0.25) is 0 Å². The highest BCUT2D eigenvalue weighted by Gasteiger charge is 2.40. The Morgan fingerprint density at radius 3 is 2.89 bits per heavy atom. The lowest BCUT2D eigenvalue weighted by molar-refractivity contribution is -0.122. The summed E-state index contributed by atoms with van der Waals surface area (Å²) in [5.41, 5.74) is 0.644. The minimum Gasteiger partial charge on any atom is -0.308 e. The number of aromatic amines is 1. The summed E-state index contributed by atoms with van der Waals surface area (Å²) in [6.07, 6.45) is 3.85. The van der Waals surface area contributed by atoms with Gasteiger partial charge < -0.3 is 10.6 Å². The highest BCUT2D eigenvalue weighted by molar-refractivity contribution is 5.97. The zero-order valence-corrected chi connectivity index (χ0v) is 12.0. The first kappa shape index (κ1) is 14.1. The fourth-order valence-corrected chi connectivity index (χ4v) is 2.69. The van der Waals surface area contributed by atoms with Crippen LogP contribution in [-0.4, -0.2) is 28.2 Å². The smallest absolute Gasteiger partial charge is 0.245 e. The first-order chi connectivity index (χ1) is 9.07. The van der Waals surface area contributed by atoms with E-state index < -0.39 is 5.54 Å². The Bertz CT molecular complexity index is 432. The van der Waals surface area contributed by atoms with E-state index in [1.165, 1.54) is 0 Å². The number of hydrogen-bond acceptors (Lipinski definition) is 3. The van der Waals surface area contributed by atoms with Crippen molar-refractivity contribution in [3.8, 4) is 0 Å². The van der Waals surface area contributed by atoms with E-state index in [0.717, 1.165) is 37.9 Å². The molecule has 0 radical (unpaired) electrons. The number of H-pyrrole nitrogens is 1. The maximum atomic E-state index is 12.5. The van der Waals surface area contributed by atoms with Gasteiger partial charge >= 0.3 is 0 Å². The van der Waals surface area contributed by atoms with Crippen LogP contribution in [0.4, 0.5) is 5.82 Å². The normalized spacial score (nSPS) is 22.9. The predicted molar refractivity (Wildman–Crippen MR) is 76.2 cm³/mol. The Labute approximate surface area is 114 Å². The monoisotopic (exact) mass is 264 g/mol. The van der Waals surface area contributed by atoms with Gasteiger partial charge in [0.15, 0.2) is 5.82 Å². The SMILES string of the molecule is CCCC1(C(=O)Nc2cc(C(C)C)[nH]n2)CCCN1. The second-order valence-electron chi connectivity index (χ2n) is 5.68. The van der Waals surface area contributed by atoms with Crippen LogP contribution in [0.3, 0.4) is 0 Å². The second-order valence-corrected chi connectivity index (χ2v) is 5.68. The highest BCUT2D eigenvalue weighted by Crippen LogP contribution is 2.26. The zero-order valence-electron chi connectivity index (χ0n) is 12.0. The van der Waals surface area contributed by atoms with E-state index in [1.807, 2.05) is 6.07 Å². The lowest BCUT2D eigenvalue weighted by Crippen LogP contribution is -2.50. The predicted octanol–water partition coefficient (Wildman–Crippen LogP) is 2.39. The molecule has 106 valence electrons. The van der Waals surface area contributed by atoms with Crippen molar-refractivity contribution in [2.45, 2.75) is 57.9 Å². The van der Waals surface area contributed by atoms with Gasteiger partial charge in [-0.15, -0.1) is 0 Å². The summed E-state index contributed by atoms with van der Waals surface area (Å²) >= 11 is 0. The number of anilines is 1. The Morgan fingerprint density at radius 1 is 1.58 bits per heavy atom. The summed E-state index contributed by atoms with van der Waals surface area (Å²) in [6, 6.07) is 1.91. The molecule has 0 saturated carbocycles. The molecule has 3 N–H and O–H groups in total. The van der Waals surface area contributed by atoms with Gasteiger partial charge in [-0.1, -0.05) is 27.2 Å². The van der Waals surface area contributed by atoms with Crippen LogP contribution < -0.4 is 10.6 Å². The van der Waals surface area contributed by atoms with Gasteiger partial charge in [0, 0.05) is 11.8 Å². The topological polar surface area (TPSA) is 69.8 Å². The van der Waals surface area contributed by atoms with E-state index in [-0.39, 0.29) is 5.91 Å². The van der Waals surface area contributed by atoms with E-state index in [4.69, 9.17) is 0 Å². The highest BCUT2D eigenvalue weighted by atomic mass is 16.2. The molecule has 1 aromatic rings. The third kappa shape index (κ3) is 2.97. The van der Waals surface area contributed by atoms with Crippen molar-refractivity contribution in [2.75, 3.05) is 11.9 Å². The van der Waals surface area contributed by atoms with Crippen molar-refractivity contribution in [1.29, 1.82) is 0 Å². The summed E-state index contributed by atoms with van der Waals surface area (Å²) < 4.78 is 0. The van der Waals surface area contributed by atoms with Crippen molar-refractivity contribution in [3.63, 3.8) is 0 Å². The summed E-state index contributed by atoms with van der Waals surface area (Å²) in [5, 5.41) is 13.4. The Kier molecular flexibility index (Phi) is 4.24. The van der Waals surface area contributed by atoms with Crippen LogP contribution in [0.5, 0.6) is 0 Å². The van der Waals surface area contributed by atoms with E-state index in [1.54, 1.807) is 0 Å². The molecule has 1 fully saturated rings. The van der Waals surface area contributed by atoms with Gasteiger partial charge in [-0.2, -0.15) is 5.10 Å². The molecule has 1 atom stereocenters. The van der Waals surface area contributed by atoms with Crippen molar-refractivity contribution < 1.29 is 4.79 Å². The van der Waals surface area contributed by atoms with Gasteiger partial charge in [-0.05, 0) is 31.7 Å². The van der Waals surface area contributed by atoms with Gasteiger partial charge in [-0.25, -0.2) is 0 Å². The quantitative estimate of drug-likeness (QED) is 0.765. The molecule has 0 spiro atoms. The van der Waals surface area contributed by atoms with E-state index in [2.05, 4.69) is 41.6 Å². The van der Waals surface area contributed by atoms with Gasteiger partial charge in [0.05, 0.1) is 5.54 Å². The second kappa shape index (κ2) is 5.74. The van der Waals surface area contributed by atoms with Gasteiger partial charge in [-0.3, -0.25) is 9.89 Å². The first-order valence-electron chi connectivity index (χ1n) is 7.19. The van der Waals surface area contributed by atoms with Crippen molar-refractivity contribution in [3.05, 3.63) is 11.8 Å². The van der Waals surface area contributed by atoms with Gasteiger partial charge in [0.25, 0.3) is 0 Å². The minimum atomic E-state index is -0.397. The van der Waals surface area contributed by atoms with Gasteiger partial charge in [0.1, 0.15) is 0 Å². The number of rotatable bonds is 5. The van der Waals surface area contributed by atoms with E-state index in [0.29, 0.717) is 11.7 Å². The van der Waals surface area contributed by atoms with Crippen molar-refractivity contribution in [2.24, 2.45) is 0 Å². The molecule has 1 aromatic heterocycles. The molecular formula is C14H24N4O. The molecule has 0 aliphatic carbocycles. The van der Waals surface area contributed by atoms with Crippen LogP contribution in [-0.2, 0) is 4.79 Å². The third-order valence-electron chi connectivity index (χ3n) is 3.82. The maximum absolute atomic E-state index is 12.5. The third-order valence-corrected chi connectivity index (χ3v) is 3.82. The molecule has 1 aliphatic rings. The average Bonchev–Trinajstić information content (AvgIpc) is 2.99. The van der Waals surface area contributed by atoms with Crippen molar-refractivity contribution in [1.82, 2.24) is 15.5 Å². The molecule has 1 amide bonds. The molecule has 1 aliphatic heterocycles. The fraction of sp³-hybridized carbons (Fsp3) is 0.714. The Morgan fingerprint density at radius 2 is 2.37 bits per heavy atom. The van der Waals surface area contributed by atoms with Crippen LogP contribution in [0.1, 0.15) is 58.1 Å².